The predicted molar refractivity (Wildman–Crippen MR) is 69.6 cm³/mol. The van der Waals surface area contributed by atoms with E-state index in [0.717, 1.165) is 10.8 Å². The molecule has 120 valence electrons. The number of aryl methyl sites for hydroxylation is 1. The van der Waals surface area contributed by atoms with Crippen LogP contribution in [-0.2, 0) is 4.74 Å². The maximum Gasteiger partial charge on any atom is 0.330 e. The first kappa shape index (κ1) is 16.3. The number of hydrogen-bond donors (Lipinski definition) is 5. The zero-order valence-electron chi connectivity index (χ0n) is 11.5. The molecule has 22 heavy (non-hydrogen) atoms. The molecular formula is C12H15N3O7. The van der Waals surface area contributed by atoms with Crippen LogP contribution in [0.4, 0.5) is 0 Å². The second-order valence-corrected chi connectivity index (χ2v) is 5.05. The molecule has 10 heteroatoms. The van der Waals surface area contributed by atoms with E-state index < -0.39 is 48.0 Å². The Balaban J connectivity index is 2.56. The van der Waals surface area contributed by atoms with E-state index in [-0.39, 0.29) is 5.56 Å². The summed E-state index contributed by atoms with van der Waals surface area (Å²) >= 11 is 0. The van der Waals surface area contributed by atoms with Gasteiger partial charge in [-0.3, -0.25) is 14.3 Å². The minimum Gasteiger partial charge on any atom is -0.394 e. The molecule has 1 fully saturated rings. The molecule has 0 unspecified atom stereocenters. The summed E-state index contributed by atoms with van der Waals surface area (Å²) < 4.78 is 5.98. The average Bonchev–Trinajstić information content (AvgIpc) is 2.49. The second kappa shape index (κ2) is 5.64. The fraction of sp³-hybridized carbons (Fsp3) is 0.583. The van der Waals surface area contributed by atoms with Crippen LogP contribution in [0.1, 0.15) is 11.8 Å². The van der Waals surface area contributed by atoms with Crippen LogP contribution >= 0.6 is 0 Å². The lowest BCUT2D eigenvalue weighted by molar-refractivity contribution is -0.276. The molecule has 0 radical (unpaired) electrons. The zero-order chi connectivity index (χ0) is 16.7. The van der Waals surface area contributed by atoms with E-state index in [4.69, 9.17) is 10.00 Å². The van der Waals surface area contributed by atoms with Crippen molar-refractivity contribution in [1.82, 2.24) is 9.55 Å². The summed E-state index contributed by atoms with van der Waals surface area (Å²) in [6.07, 6.45) is -5.77. The number of rotatable bonds is 2. The third kappa shape index (κ3) is 2.35. The summed E-state index contributed by atoms with van der Waals surface area (Å²) in [6.45, 7) is 0.643. The molecule has 5 atom stereocenters. The third-order valence-corrected chi connectivity index (χ3v) is 3.62. The van der Waals surface area contributed by atoms with Gasteiger partial charge in [-0.05, 0) is 6.92 Å². The van der Waals surface area contributed by atoms with Crippen LogP contribution in [0, 0.1) is 18.3 Å². The molecule has 0 amide bonds. The van der Waals surface area contributed by atoms with Crippen molar-refractivity contribution in [1.29, 1.82) is 5.26 Å². The van der Waals surface area contributed by atoms with Gasteiger partial charge in [-0.15, -0.1) is 0 Å². The number of nitrogens with zero attached hydrogens (tertiary/aromatic N) is 2. The number of hydrogen-bond acceptors (Lipinski definition) is 8. The maximum atomic E-state index is 11.8. The number of nitriles is 1. The largest absolute Gasteiger partial charge is 0.394 e. The number of aliphatic hydroxyl groups is 4. The summed E-state index contributed by atoms with van der Waals surface area (Å²) in [6, 6.07) is 1.37. The highest BCUT2D eigenvalue weighted by atomic mass is 16.6. The highest BCUT2D eigenvalue weighted by Crippen LogP contribution is 2.34. The Morgan fingerprint density at radius 2 is 2.09 bits per heavy atom. The number of ether oxygens (including phenoxy) is 1. The van der Waals surface area contributed by atoms with Crippen molar-refractivity contribution in [2.24, 2.45) is 0 Å². The Bertz CT molecular complexity index is 721. The summed E-state index contributed by atoms with van der Waals surface area (Å²) in [5.74, 6) is 0. The van der Waals surface area contributed by atoms with Crippen LogP contribution in [0.5, 0.6) is 0 Å². The van der Waals surface area contributed by atoms with E-state index in [9.17, 15) is 30.0 Å². The van der Waals surface area contributed by atoms with Gasteiger partial charge in [0.1, 0.15) is 24.4 Å². The standard InChI is InChI=1S/C12H15N3O7/c1-5-2-15(11(20)14-9(5)19)10-8(18)12(21,4-13)7(17)6(3-16)22-10/h2,6-8,10,16-18,21H,3H2,1H3,(H,14,19,20)/t6-,7-,8+,10-,12+/m1/s1. The molecule has 1 aliphatic rings. The number of nitrogens with one attached hydrogen (secondary N) is 1. The van der Waals surface area contributed by atoms with Crippen molar-refractivity contribution in [2.75, 3.05) is 6.61 Å². The van der Waals surface area contributed by atoms with Crippen molar-refractivity contribution in [3.63, 3.8) is 0 Å². The van der Waals surface area contributed by atoms with E-state index >= 15 is 0 Å². The minimum atomic E-state index is -2.65. The molecule has 1 aliphatic heterocycles. The summed E-state index contributed by atoms with van der Waals surface area (Å²) in [5.41, 5.74) is -4.10. The molecule has 1 aromatic rings. The van der Waals surface area contributed by atoms with Gasteiger partial charge in [-0.25, -0.2) is 4.79 Å². The molecule has 2 rings (SSSR count). The van der Waals surface area contributed by atoms with Crippen LogP contribution in [0.2, 0.25) is 0 Å². The van der Waals surface area contributed by atoms with Gasteiger partial charge in [0.05, 0.1) is 6.61 Å². The zero-order valence-corrected chi connectivity index (χ0v) is 11.5. The Kier molecular flexibility index (Phi) is 4.19. The van der Waals surface area contributed by atoms with Crippen LogP contribution in [0.3, 0.4) is 0 Å². The van der Waals surface area contributed by atoms with Gasteiger partial charge >= 0.3 is 5.69 Å². The van der Waals surface area contributed by atoms with Crippen molar-refractivity contribution in [2.45, 2.75) is 37.1 Å². The highest BCUT2D eigenvalue weighted by molar-refractivity contribution is 5.16. The molecule has 5 N–H and O–H groups in total. The molecule has 0 bridgehead atoms. The Hall–Kier alpha value is -2.03. The third-order valence-electron chi connectivity index (χ3n) is 3.62. The lowest BCUT2D eigenvalue weighted by Gasteiger charge is -2.44. The number of aromatic nitrogens is 2. The molecule has 2 heterocycles. The predicted octanol–water partition coefficient (Wildman–Crippen LogP) is -3.29. The van der Waals surface area contributed by atoms with Gasteiger partial charge in [0.2, 0.25) is 5.60 Å². The number of aliphatic hydroxyl groups excluding tert-OH is 3. The SMILES string of the molecule is Cc1cn([C@@H]2O[C@H](CO)[C@@H](O)[C@@](O)(C#N)[C@H]2O)c(=O)[nH]c1=O. The Labute approximate surface area is 123 Å². The van der Waals surface area contributed by atoms with Gasteiger partial charge in [0.15, 0.2) is 6.23 Å². The van der Waals surface area contributed by atoms with E-state index in [1.807, 2.05) is 4.98 Å². The van der Waals surface area contributed by atoms with Gasteiger partial charge < -0.3 is 25.2 Å². The van der Waals surface area contributed by atoms with Crippen LogP contribution in [-0.4, -0.2) is 60.5 Å². The number of aromatic amines is 1. The molecule has 0 spiro atoms. The van der Waals surface area contributed by atoms with Crippen molar-refractivity contribution < 1.29 is 25.2 Å². The monoisotopic (exact) mass is 313 g/mol. The number of H-pyrrole nitrogens is 1. The lowest BCUT2D eigenvalue weighted by Crippen LogP contribution is -2.65. The Morgan fingerprint density at radius 1 is 1.45 bits per heavy atom. The first-order valence-electron chi connectivity index (χ1n) is 6.34. The lowest BCUT2D eigenvalue weighted by atomic mass is 9.84. The quantitative estimate of drug-likeness (QED) is 0.354. The fourth-order valence-corrected chi connectivity index (χ4v) is 2.27. The topological polar surface area (TPSA) is 169 Å². The maximum absolute atomic E-state index is 11.8. The van der Waals surface area contributed by atoms with Crippen molar-refractivity contribution in [3.05, 3.63) is 32.6 Å². The molecule has 0 aromatic carbocycles. The molecule has 0 aliphatic carbocycles. The minimum absolute atomic E-state index is 0.127. The molecule has 10 nitrogen and oxygen atoms in total. The first-order chi connectivity index (χ1) is 10.3. The first-order valence-corrected chi connectivity index (χ1v) is 6.34. The normalized spacial score (nSPS) is 35.1. The van der Waals surface area contributed by atoms with E-state index in [0.29, 0.717) is 0 Å². The molecule has 1 aromatic heterocycles. The van der Waals surface area contributed by atoms with Crippen LogP contribution in [0.15, 0.2) is 15.8 Å². The summed E-state index contributed by atoms with van der Waals surface area (Å²) in [5, 5.41) is 48.3. The summed E-state index contributed by atoms with van der Waals surface area (Å²) in [7, 11) is 0. The van der Waals surface area contributed by atoms with E-state index in [1.165, 1.54) is 13.0 Å². The molecule has 0 saturated carbocycles. The van der Waals surface area contributed by atoms with Gasteiger partial charge in [0.25, 0.3) is 5.56 Å². The highest BCUT2D eigenvalue weighted by Gasteiger charge is 2.56. The van der Waals surface area contributed by atoms with Crippen LogP contribution < -0.4 is 11.2 Å². The molecule has 1 saturated heterocycles. The van der Waals surface area contributed by atoms with Crippen molar-refractivity contribution >= 4 is 0 Å². The molecular weight excluding hydrogens is 298 g/mol. The average molecular weight is 313 g/mol. The summed E-state index contributed by atoms with van der Waals surface area (Å²) in [4.78, 5) is 25.2. The van der Waals surface area contributed by atoms with Gasteiger partial charge in [-0.2, -0.15) is 5.26 Å². The van der Waals surface area contributed by atoms with E-state index in [1.54, 1.807) is 0 Å². The fourth-order valence-electron chi connectivity index (χ4n) is 2.27. The van der Waals surface area contributed by atoms with Crippen molar-refractivity contribution in [3.8, 4) is 6.07 Å². The van der Waals surface area contributed by atoms with Gasteiger partial charge in [-0.1, -0.05) is 0 Å². The Morgan fingerprint density at radius 3 is 2.64 bits per heavy atom. The van der Waals surface area contributed by atoms with Crippen LogP contribution in [0.25, 0.3) is 0 Å². The van der Waals surface area contributed by atoms with E-state index in [2.05, 4.69) is 0 Å². The second-order valence-electron chi connectivity index (χ2n) is 5.05. The smallest absolute Gasteiger partial charge is 0.330 e. The van der Waals surface area contributed by atoms with Gasteiger partial charge in [0, 0.05) is 11.8 Å².